The summed E-state index contributed by atoms with van der Waals surface area (Å²) in [4.78, 5) is 25.8. The van der Waals surface area contributed by atoms with Crippen LogP contribution in [0.15, 0.2) is 0 Å². The quantitative estimate of drug-likeness (QED) is 0.365. The molecule has 0 saturated carbocycles. The van der Waals surface area contributed by atoms with Crippen molar-refractivity contribution in [2.45, 2.75) is 103 Å². The molecule has 0 aromatic heterocycles. The van der Waals surface area contributed by atoms with Crippen LogP contribution >= 0.6 is 0 Å². The molecule has 0 radical (unpaired) electrons. The molecule has 0 bridgehead atoms. The van der Waals surface area contributed by atoms with Crippen molar-refractivity contribution in [2.24, 2.45) is 0 Å². The van der Waals surface area contributed by atoms with Crippen molar-refractivity contribution >= 4 is 45.2 Å². The molecule has 1 saturated heterocycles. The second kappa shape index (κ2) is 9.05. The van der Waals surface area contributed by atoms with Gasteiger partial charge in [0, 0.05) is 0 Å². The minimum absolute atomic E-state index is 0.484. The Balaban J connectivity index is 3.34. The highest BCUT2D eigenvalue weighted by atomic mass is 28.4. The molecule has 1 heterocycles. The van der Waals surface area contributed by atoms with E-state index in [-0.39, 0.29) is 0 Å². The Morgan fingerprint density at radius 1 is 0.793 bits per heavy atom. The first kappa shape index (κ1) is 26.7. The van der Waals surface area contributed by atoms with E-state index in [2.05, 4.69) is 0 Å². The van der Waals surface area contributed by atoms with E-state index in [4.69, 9.17) is 22.4 Å². The first-order valence-corrected chi connectivity index (χ1v) is 23.8. The van der Waals surface area contributed by atoms with Crippen molar-refractivity contribution in [2.75, 3.05) is 0 Å². The van der Waals surface area contributed by atoms with Gasteiger partial charge in [-0.15, -0.1) is 0 Å². The van der Waals surface area contributed by atoms with Gasteiger partial charge in [-0.2, -0.15) is 0 Å². The summed E-state index contributed by atoms with van der Waals surface area (Å²) in [5, 5.41) is 0. The Hall–Kier alpha value is -0.312. The zero-order valence-electron chi connectivity index (χ0n) is 20.2. The highest BCUT2D eigenvalue weighted by Crippen LogP contribution is 2.32. The van der Waals surface area contributed by atoms with Gasteiger partial charge in [-0.25, -0.2) is 4.79 Å². The predicted octanol–water partition coefficient (Wildman–Crippen LogP) is 3.95. The van der Waals surface area contributed by atoms with Crippen LogP contribution in [0.1, 0.15) is 0 Å². The molecule has 0 N–H and O–H groups in total. The molecule has 0 unspecified atom stereocenters. The lowest BCUT2D eigenvalue weighted by atomic mass is 10.1. The number of cyclic esters (lactones) is 1. The standard InChI is InChI=1S/C18H40O7Si4/c1-26(2,3)22-14-13(21-17(19)16(14)24-28(7,8)9)15(23-27(4,5)6)18(20)25-29(10,11)12/h13-16H,1-12H3/t13-,14-,15+,16+/m0/s1. The fourth-order valence-corrected chi connectivity index (χ4v) is 6.61. The number of carbonyl (C=O) groups excluding carboxylic acids is 2. The molecule has 29 heavy (non-hydrogen) atoms. The molecule has 4 atom stereocenters. The van der Waals surface area contributed by atoms with E-state index in [0.29, 0.717) is 0 Å². The van der Waals surface area contributed by atoms with Gasteiger partial charge in [-0.3, -0.25) is 4.79 Å². The Labute approximate surface area is 180 Å². The summed E-state index contributed by atoms with van der Waals surface area (Å²) in [6, 6.07) is 0. The average Bonchev–Trinajstić information content (AvgIpc) is 2.67. The molecule has 1 fully saturated rings. The maximum atomic E-state index is 13.1. The highest BCUT2D eigenvalue weighted by Gasteiger charge is 2.55. The molecular formula is C18H40O7Si4. The van der Waals surface area contributed by atoms with E-state index >= 15 is 0 Å². The van der Waals surface area contributed by atoms with E-state index in [0.717, 1.165) is 0 Å². The molecule has 1 rings (SSSR count). The van der Waals surface area contributed by atoms with Gasteiger partial charge in [0.2, 0.25) is 8.32 Å². The summed E-state index contributed by atoms with van der Waals surface area (Å²) in [7, 11) is -8.47. The minimum atomic E-state index is -2.16. The lowest BCUT2D eigenvalue weighted by Crippen LogP contribution is -2.54. The van der Waals surface area contributed by atoms with Crippen molar-refractivity contribution in [1.82, 2.24) is 0 Å². The first-order valence-electron chi connectivity index (χ1n) is 10.2. The van der Waals surface area contributed by atoms with Gasteiger partial charge in [0.1, 0.15) is 6.10 Å². The van der Waals surface area contributed by atoms with Crippen LogP contribution in [0.25, 0.3) is 0 Å². The van der Waals surface area contributed by atoms with Crippen LogP contribution in [-0.2, 0) is 32.0 Å². The third-order valence-corrected chi connectivity index (χ3v) is 7.21. The first-order chi connectivity index (χ1) is 12.7. The normalized spacial score (nSPS) is 25.0. The van der Waals surface area contributed by atoms with Crippen molar-refractivity contribution in [3.05, 3.63) is 0 Å². The Bertz CT molecular complexity index is 599. The molecule has 0 aromatic rings. The van der Waals surface area contributed by atoms with Gasteiger partial charge < -0.3 is 22.4 Å². The van der Waals surface area contributed by atoms with Crippen LogP contribution < -0.4 is 0 Å². The molecule has 0 aliphatic carbocycles. The summed E-state index contributed by atoms with van der Waals surface area (Å²) in [5.41, 5.74) is 0. The second-order valence-corrected chi connectivity index (χ2v) is 29.2. The predicted molar refractivity (Wildman–Crippen MR) is 124 cm³/mol. The number of hydrogen-bond acceptors (Lipinski definition) is 7. The van der Waals surface area contributed by atoms with Crippen LogP contribution in [0.5, 0.6) is 0 Å². The number of hydrogen-bond donors (Lipinski definition) is 0. The maximum absolute atomic E-state index is 13.1. The zero-order valence-corrected chi connectivity index (χ0v) is 24.2. The second-order valence-electron chi connectivity index (χ2n) is 11.4. The Kier molecular flexibility index (Phi) is 8.34. The molecule has 170 valence electrons. The summed E-state index contributed by atoms with van der Waals surface area (Å²) >= 11 is 0. The fraction of sp³-hybridized carbons (Fsp3) is 0.889. The lowest BCUT2D eigenvalue weighted by molar-refractivity contribution is -0.158. The number of carbonyl (C=O) groups is 2. The molecule has 1 aliphatic heterocycles. The van der Waals surface area contributed by atoms with Crippen LogP contribution in [-0.4, -0.2) is 69.6 Å². The maximum Gasteiger partial charge on any atom is 0.337 e. The molecule has 7 nitrogen and oxygen atoms in total. The van der Waals surface area contributed by atoms with E-state index in [9.17, 15) is 9.59 Å². The van der Waals surface area contributed by atoms with Crippen LogP contribution in [0.4, 0.5) is 0 Å². The molecular weight excluding hydrogens is 441 g/mol. The number of ether oxygens (including phenoxy) is 1. The topological polar surface area (TPSA) is 80.3 Å². The van der Waals surface area contributed by atoms with Gasteiger partial charge in [-0.1, -0.05) is 0 Å². The van der Waals surface area contributed by atoms with Gasteiger partial charge in [0.15, 0.2) is 43.3 Å². The molecule has 11 heteroatoms. The van der Waals surface area contributed by atoms with Crippen molar-refractivity contribution in [3.63, 3.8) is 0 Å². The van der Waals surface area contributed by atoms with Crippen molar-refractivity contribution in [1.29, 1.82) is 0 Å². The minimum Gasteiger partial charge on any atom is -0.518 e. The number of rotatable bonds is 9. The van der Waals surface area contributed by atoms with Crippen LogP contribution in [0, 0.1) is 0 Å². The Morgan fingerprint density at radius 2 is 1.28 bits per heavy atom. The highest BCUT2D eigenvalue weighted by molar-refractivity contribution is 6.72. The Morgan fingerprint density at radius 3 is 1.66 bits per heavy atom. The van der Waals surface area contributed by atoms with Gasteiger partial charge in [0.05, 0.1) is 0 Å². The van der Waals surface area contributed by atoms with E-state index in [1.165, 1.54) is 0 Å². The van der Waals surface area contributed by atoms with Gasteiger partial charge >= 0.3 is 11.9 Å². The molecule has 0 amide bonds. The third-order valence-electron chi connectivity index (χ3n) is 3.49. The largest absolute Gasteiger partial charge is 0.518 e. The summed E-state index contributed by atoms with van der Waals surface area (Å²) in [6.45, 7) is 23.9. The van der Waals surface area contributed by atoms with Crippen LogP contribution in [0.3, 0.4) is 0 Å². The van der Waals surface area contributed by atoms with E-state index in [1.54, 1.807) is 0 Å². The average molecular weight is 481 g/mol. The van der Waals surface area contributed by atoms with Gasteiger partial charge in [0.25, 0.3) is 0 Å². The van der Waals surface area contributed by atoms with Crippen LogP contribution in [0.2, 0.25) is 78.6 Å². The van der Waals surface area contributed by atoms with E-state index < -0.39 is 69.6 Å². The van der Waals surface area contributed by atoms with Gasteiger partial charge in [-0.05, 0) is 78.6 Å². The van der Waals surface area contributed by atoms with E-state index in [1.807, 2.05) is 78.6 Å². The molecule has 0 aromatic carbocycles. The lowest BCUT2D eigenvalue weighted by Gasteiger charge is -2.36. The molecule has 0 spiro atoms. The SMILES string of the molecule is C[Si](C)(C)OC(=O)[C@H](O[Si](C)(C)C)[C@H]1OC(=O)[C@H](O[Si](C)(C)C)[C@H]1O[Si](C)(C)C. The smallest absolute Gasteiger partial charge is 0.337 e. The fourth-order valence-electron chi connectivity index (χ4n) is 2.83. The summed E-state index contributed by atoms with van der Waals surface area (Å²) in [5.74, 6) is -0.979. The molecule has 1 aliphatic rings. The van der Waals surface area contributed by atoms with Crippen molar-refractivity contribution < 1.29 is 32.0 Å². The summed E-state index contributed by atoms with van der Waals surface area (Å²) in [6.07, 6.45) is -3.46. The number of esters is 1. The zero-order chi connectivity index (χ0) is 23.0. The van der Waals surface area contributed by atoms with Crippen molar-refractivity contribution in [3.8, 4) is 0 Å². The third kappa shape index (κ3) is 9.57. The summed E-state index contributed by atoms with van der Waals surface area (Å²) < 4.78 is 30.1. The monoisotopic (exact) mass is 480 g/mol.